The number of alkyl halides is 1. The van der Waals surface area contributed by atoms with Gasteiger partial charge in [0.2, 0.25) is 0 Å². The summed E-state index contributed by atoms with van der Waals surface area (Å²) in [5, 5.41) is 0. The van der Waals surface area contributed by atoms with Crippen molar-refractivity contribution in [2.24, 2.45) is 5.92 Å². The summed E-state index contributed by atoms with van der Waals surface area (Å²) in [6.07, 6.45) is 5.57. The summed E-state index contributed by atoms with van der Waals surface area (Å²) in [6.45, 7) is 2.19. The number of fused-ring (bicyclic) bond motifs is 1. The maximum Gasteiger partial charge on any atom is 0.139 e. The second-order valence-electron chi connectivity index (χ2n) is 5.83. The Bertz CT molecular complexity index is 651. The summed E-state index contributed by atoms with van der Waals surface area (Å²) in [7, 11) is 0. The van der Waals surface area contributed by atoms with E-state index in [-0.39, 0.29) is 5.82 Å². The number of hydrogen-bond acceptors (Lipinski definition) is 1. The standard InChI is InChI=1S/C16H19BrClFN2/c1-2-11(7-10-3-4-10)21-15-9-13(19)12(17)8-14(15)20-16(21)5-6-18/h8-11H,2-7H2,1H3. The molecule has 0 saturated heterocycles. The summed E-state index contributed by atoms with van der Waals surface area (Å²) in [6, 6.07) is 3.75. The molecule has 0 spiro atoms. The van der Waals surface area contributed by atoms with Crippen LogP contribution in [0.15, 0.2) is 16.6 Å². The summed E-state index contributed by atoms with van der Waals surface area (Å²) < 4.78 is 16.6. The first-order valence-corrected chi connectivity index (χ1v) is 8.88. The number of rotatable bonds is 6. The Morgan fingerprint density at radius 3 is 2.86 bits per heavy atom. The lowest BCUT2D eigenvalue weighted by Gasteiger charge is -2.20. The van der Waals surface area contributed by atoms with Crippen LogP contribution in [0.2, 0.25) is 0 Å². The Labute approximate surface area is 137 Å². The third-order valence-corrected chi connectivity index (χ3v) is 5.06. The van der Waals surface area contributed by atoms with Crippen molar-refractivity contribution in [3.8, 4) is 0 Å². The average Bonchev–Trinajstić information content (AvgIpc) is 3.21. The van der Waals surface area contributed by atoms with Gasteiger partial charge in [-0.15, -0.1) is 11.6 Å². The summed E-state index contributed by atoms with van der Waals surface area (Å²) in [4.78, 5) is 4.68. The van der Waals surface area contributed by atoms with Crippen molar-refractivity contribution in [2.45, 2.75) is 45.1 Å². The van der Waals surface area contributed by atoms with Gasteiger partial charge in [0.1, 0.15) is 11.6 Å². The van der Waals surface area contributed by atoms with Crippen LogP contribution in [-0.2, 0) is 6.42 Å². The van der Waals surface area contributed by atoms with E-state index in [2.05, 4.69) is 32.4 Å². The van der Waals surface area contributed by atoms with Crippen molar-refractivity contribution in [1.82, 2.24) is 9.55 Å². The minimum absolute atomic E-state index is 0.234. The van der Waals surface area contributed by atoms with E-state index in [4.69, 9.17) is 11.6 Å². The van der Waals surface area contributed by atoms with E-state index in [1.165, 1.54) is 12.8 Å². The number of nitrogens with zero attached hydrogens (tertiary/aromatic N) is 2. The Kier molecular flexibility index (Phi) is 4.55. The van der Waals surface area contributed by atoms with E-state index in [9.17, 15) is 4.39 Å². The first-order chi connectivity index (χ1) is 10.1. The van der Waals surface area contributed by atoms with Gasteiger partial charge in [-0.3, -0.25) is 0 Å². The third kappa shape index (κ3) is 3.11. The van der Waals surface area contributed by atoms with Gasteiger partial charge in [0, 0.05) is 24.4 Å². The predicted molar refractivity (Wildman–Crippen MR) is 88.5 cm³/mol. The molecule has 1 aliphatic rings. The Hall–Kier alpha value is -0.610. The van der Waals surface area contributed by atoms with Crippen LogP contribution in [-0.4, -0.2) is 15.4 Å². The monoisotopic (exact) mass is 372 g/mol. The molecular weight excluding hydrogens is 355 g/mol. The zero-order valence-corrected chi connectivity index (χ0v) is 14.4. The lowest BCUT2D eigenvalue weighted by molar-refractivity contribution is 0.426. The number of imidazole rings is 1. The second kappa shape index (κ2) is 6.25. The Morgan fingerprint density at radius 1 is 1.48 bits per heavy atom. The van der Waals surface area contributed by atoms with Crippen LogP contribution in [0.3, 0.4) is 0 Å². The Morgan fingerprint density at radius 2 is 2.24 bits per heavy atom. The van der Waals surface area contributed by atoms with E-state index < -0.39 is 0 Å². The zero-order chi connectivity index (χ0) is 15.0. The van der Waals surface area contributed by atoms with E-state index in [0.29, 0.717) is 16.4 Å². The first-order valence-electron chi connectivity index (χ1n) is 7.55. The topological polar surface area (TPSA) is 17.8 Å². The van der Waals surface area contributed by atoms with E-state index in [1.807, 2.05) is 0 Å². The molecule has 114 valence electrons. The molecule has 1 saturated carbocycles. The number of aryl methyl sites for hydroxylation is 1. The number of hydrogen-bond donors (Lipinski definition) is 0. The maximum atomic E-state index is 14.0. The summed E-state index contributed by atoms with van der Waals surface area (Å²) in [5.41, 5.74) is 1.74. The van der Waals surface area contributed by atoms with Gasteiger partial charge < -0.3 is 4.57 Å². The van der Waals surface area contributed by atoms with Crippen molar-refractivity contribution < 1.29 is 4.39 Å². The van der Waals surface area contributed by atoms with Crippen LogP contribution < -0.4 is 0 Å². The number of benzene rings is 1. The lowest BCUT2D eigenvalue weighted by Crippen LogP contribution is -2.13. The van der Waals surface area contributed by atoms with Crippen LogP contribution in [0.25, 0.3) is 11.0 Å². The Balaban J connectivity index is 2.11. The molecule has 1 fully saturated rings. The van der Waals surface area contributed by atoms with Crippen molar-refractivity contribution in [2.75, 3.05) is 5.88 Å². The fourth-order valence-electron chi connectivity index (χ4n) is 3.00. The SMILES string of the molecule is CCC(CC1CC1)n1c(CCCl)nc2cc(Br)c(F)cc21. The van der Waals surface area contributed by atoms with Gasteiger partial charge in [-0.05, 0) is 40.8 Å². The molecule has 1 atom stereocenters. The van der Waals surface area contributed by atoms with Crippen molar-refractivity contribution in [3.63, 3.8) is 0 Å². The highest BCUT2D eigenvalue weighted by molar-refractivity contribution is 9.10. The fourth-order valence-corrected chi connectivity index (χ4v) is 3.50. The van der Waals surface area contributed by atoms with Gasteiger partial charge in [-0.1, -0.05) is 19.8 Å². The second-order valence-corrected chi connectivity index (χ2v) is 7.07. The molecule has 0 amide bonds. The number of halogens is 3. The third-order valence-electron chi connectivity index (χ3n) is 4.26. The normalized spacial score (nSPS) is 16.6. The van der Waals surface area contributed by atoms with Crippen molar-refractivity contribution in [3.05, 3.63) is 28.2 Å². The van der Waals surface area contributed by atoms with Gasteiger partial charge in [0.05, 0.1) is 15.5 Å². The molecule has 0 N–H and O–H groups in total. The molecule has 21 heavy (non-hydrogen) atoms. The smallest absolute Gasteiger partial charge is 0.139 e. The van der Waals surface area contributed by atoms with Crippen LogP contribution in [0, 0.1) is 11.7 Å². The van der Waals surface area contributed by atoms with Crippen LogP contribution in [0.5, 0.6) is 0 Å². The minimum atomic E-state index is -0.234. The maximum absolute atomic E-state index is 14.0. The molecular formula is C16H19BrClFN2. The van der Waals surface area contributed by atoms with Gasteiger partial charge >= 0.3 is 0 Å². The predicted octanol–water partition coefficient (Wildman–Crippen LogP) is 5.47. The van der Waals surface area contributed by atoms with Gasteiger partial charge in [0.15, 0.2) is 0 Å². The highest BCUT2D eigenvalue weighted by Gasteiger charge is 2.27. The molecule has 1 aromatic carbocycles. The fraction of sp³-hybridized carbons (Fsp3) is 0.562. The molecule has 0 aliphatic heterocycles. The van der Waals surface area contributed by atoms with Gasteiger partial charge in [-0.2, -0.15) is 0 Å². The highest BCUT2D eigenvalue weighted by Crippen LogP contribution is 2.39. The molecule has 2 aromatic rings. The van der Waals surface area contributed by atoms with Crippen LogP contribution in [0.1, 0.15) is 44.5 Å². The average molecular weight is 374 g/mol. The molecule has 2 nitrogen and oxygen atoms in total. The van der Waals surface area contributed by atoms with Crippen LogP contribution >= 0.6 is 27.5 Å². The molecule has 5 heteroatoms. The molecule has 0 radical (unpaired) electrons. The van der Waals surface area contributed by atoms with Gasteiger partial charge in [0.25, 0.3) is 0 Å². The number of aromatic nitrogens is 2. The summed E-state index contributed by atoms with van der Waals surface area (Å²) in [5.74, 6) is 2.11. The molecule has 1 aliphatic carbocycles. The zero-order valence-electron chi connectivity index (χ0n) is 12.1. The molecule has 1 unspecified atom stereocenters. The first kappa shape index (κ1) is 15.3. The van der Waals surface area contributed by atoms with Crippen molar-refractivity contribution >= 4 is 38.6 Å². The molecule has 3 rings (SSSR count). The van der Waals surface area contributed by atoms with Crippen LogP contribution in [0.4, 0.5) is 4.39 Å². The van der Waals surface area contributed by atoms with Gasteiger partial charge in [-0.25, -0.2) is 9.37 Å². The lowest BCUT2D eigenvalue weighted by atomic mass is 10.1. The minimum Gasteiger partial charge on any atom is -0.325 e. The van der Waals surface area contributed by atoms with E-state index >= 15 is 0 Å². The van der Waals surface area contributed by atoms with E-state index in [0.717, 1.165) is 42.0 Å². The van der Waals surface area contributed by atoms with E-state index in [1.54, 1.807) is 12.1 Å². The molecule has 1 aromatic heterocycles. The quantitative estimate of drug-likeness (QED) is 0.614. The highest BCUT2D eigenvalue weighted by atomic mass is 79.9. The summed E-state index contributed by atoms with van der Waals surface area (Å²) >= 11 is 9.17. The largest absolute Gasteiger partial charge is 0.325 e. The molecule has 1 heterocycles. The van der Waals surface area contributed by atoms with Crippen molar-refractivity contribution in [1.29, 1.82) is 0 Å². The molecule has 0 bridgehead atoms.